The smallest absolute Gasteiger partial charge is 0.259 e. The van der Waals surface area contributed by atoms with Gasteiger partial charge in [-0.05, 0) is 37.1 Å². The largest absolute Gasteiger partial charge is 0.322 e. The SMILES string of the molecule is Cc1ncc(C(=O)Nc2ccc(-c3nncn3C)cc2)c(C(C)C)n1. The number of hydrogen-bond acceptors (Lipinski definition) is 5. The fourth-order valence-electron chi connectivity index (χ4n) is 2.55. The summed E-state index contributed by atoms with van der Waals surface area (Å²) < 4.78 is 1.84. The van der Waals surface area contributed by atoms with E-state index >= 15 is 0 Å². The molecule has 0 aliphatic carbocycles. The van der Waals surface area contributed by atoms with Gasteiger partial charge in [0.15, 0.2) is 5.82 Å². The summed E-state index contributed by atoms with van der Waals surface area (Å²) in [5.41, 5.74) is 2.88. The zero-order valence-corrected chi connectivity index (χ0v) is 14.7. The van der Waals surface area contributed by atoms with Gasteiger partial charge in [-0.1, -0.05) is 13.8 Å². The number of aryl methyl sites for hydroxylation is 2. The molecule has 0 saturated carbocycles. The lowest BCUT2D eigenvalue weighted by atomic mass is 10.0. The fourth-order valence-corrected chi connectivity index (χ4v) is 2.55. The Morgan fingerprint density at radius 2 is 1.92 bits per heavy atom. The average molecular weight is 336 g/mol. The van der Waals surface area contributed by atoms with E-state index in [2.05, 4.69) is 25.5 Å². The molecule has 2 aromatic heterocycles. The van der Waals surface area contributed by atoms with E-state index in [0.29, 0.717) is 17.1 Å². The quantitative estimate of drug-likeness (QED) is 0.791. The van der Waals surface area contributed by atoms with E-state index in [0.717, 1.165) is 17.1 Å². The first kappa shape index (κ1) is 16.8. The van der Waals surface area contributed by atoms with Crippen LogP contribution in [0.3, 0.4) is 0 Å². The molecule has 128 valence electrons. The second-order valence-electron chi connectivity index (χ2n) is 6.17. The molecule has 1 aromatic carbocycles. The highest BCUT2D eigenvalue weighted by molar-refractivity contribution is 6.05. The van der Waals surface area contributed by atoms with Crippen molar-refractivity contribution in [1.82, 2.24) is 24.7 Å². The Morgan fingerprint density at radius 1 is 1.20 bits per heavy atom. The van der Waals surface area contributed by atoms with E-state index in [9.17, 15) is 4.79 Å². The van der Waals surface area contributed by atoms with E-state index in [4.69, 9.17) is 0 Å². The van der Waals surface area contributed by atoms with Gasteiger partial charge in [0.05, 0.1) is 11.3 Å². The Hall–Kier alpha value is -3.09. The first-order chi connectivity index (χ1) is 12.0. The van der Waals surface area contributed by atoms with Crippen LogP contribution < -0.4 is 5.32 Å². The van der Waals surface area contributed by atoms with Gasteiger partial charge in [-0.3, -0.25) is 4.79 Å². The van der Waals surface area contributed by atoms with Crippen molar-refractivity contribution in [3.63, 3.8) is 0 Å². The van der Waals surface area contributed by atoms with Crippen molar-refractivity contribution in [1.29, 1.82) is 0 Å². The van der Waals surface area contributed by atoms with Crippen molar-refractivity contribution in [3.8, 4) is 11.4 Å². The summed E-state index contributed by atoms with van der Waals surface area (Å²) in [6, 6.07) is 7.47. The van der Waals surface area contributed by atoms with Crippen LogP contribution in [0.5, 0.6) is 0 Å². The number of amides is 1. The standard InChI is InChI=1S/C18H20N6O/c1-11(2)16-15(9-19-12(3)21-16)18(25)22-14-7-5-13(6-8-14)17-23-20-10-24(17)4/h5-11H,1-4H3,(H,22,25). The lowest BCUT2D eigenvalue weighted by Crippen LogP contribution is -2.17. The number of anilines is 1. The van der Waals surface area contributed by atoms with E-state index in [-0.39, 0.29) is 11.8 Å². The second-order valence-corrected chi connectivity index (χ2v) is 6.17. The van der Waals surface area contributed by atoms with Gasteiger partial charge in [-0.15, -0.1) is 10.2 Å². The van der Waals surface area contributed by atoms with Crippen molar-refractivity contribution in [3.05, 3.63) is 53.9 Å². The molecule has 0 aliphatic rings. The third kappa shape index (κ3) is 3.55. The normalized spacial score (nSPS) is 10.9. The maximum Gasteiger partial charge on any atom is 0.259 e. The minimum absolute atomic E-state index is 0.140. The number of aromatic nitrogens is 5. The molecule has 0 atom stereocenters. The minimum Gasteiger partial charge on any atom is -0.322 e. The van der Waals surface area contributed by atoms with Crippen LogP contribution in [0, 0.1) is 6.92 Å². The molecule has 0 unspecified atom stereocenters. The van der Waals surface area contributed by atoms with Crippen LogP contribution in [0.4, 0.5) is 5.69 Å². The van der Waals surface area contributed by atoms with Crippen LogP contribution in [0.2, 0.25) is 0 Å². The van der Waals surface area contributed by atoms with Crippen LogP contribution in [0.25, 0.3) is 11.4 Å². The number of benzene rings is 1. The van der Waals surface area contributed by atoms with Gasteiger partial charge >= 0.3 is 0 Å². The molecule has 3 rings (SSSR count). The summed E-state index contributed by atoms with van der Waals surface area (Å²) >= 11 is 0. The van der Waals surface area contributed by atoms with Crippen molar-refractivity contribution in [2.75, 3.05) is 5.32 Å². The number of carbonyl (C=O) groups is 1. The lowest BCUT2D eigenvalue weighted by molar-refractivity contribution is 0.102. The van der Waals surface area contributed by atoms with Gasteiger partial charge in [0.25, 0.3) is 5.91 Å². The first-order valence-electron chi connectivity index (χ1n) is 8.05. The topological polar surface area (TPSA) is 85.6 Å². The molecule has 0 bridgehead atoms. The van der Waals surface area contributed by atoms with E-state index in [1.165, 1.54) is 0 Å². The Bertz CT molecular complexity index is 898. The van der Waals surface area contributed by atoms with E-state index in [1.54, 1.807) is 12.5 Å². The summed E-state index contributed by atoms with van der Waals surface area (Å²) in [6.07, 6.45) is 3.23. The van der Waals surface area contributed by atoms with Gasteiger partial charge in [0.1, 0.15) is 12.2 Å². The van der Waals surface area contributed by atoms with Crippen molar-refractivity contribution in [2.24, 2.45) is 7.05 Å². The summed E-state index contributed by atoms with van der Waals surface area (Å²) in [6.45, 7) is 5.83. The van der Waals surface area contributed by atoms with Gasteiger partial charge in [-0.25, -0.2) is 9.97 Å². The second kappa shape index (κ2) is 6.80. The lowest BCUT2D eigenvalue weighted by Gasteiger charge is -2.12. The molecule has 1 amide bonds. The Kier molecular flexibility index (Phi) is 4.56. The zero-order chi connectivity index (χ0) is 18.0. The number of rotatable bonds is 4. The highest BCUT2D eigenvalue weighted by atomic mass is 16.1. The van der Waals surface area contributed by atoms with Crippen molar-refractivity contribution in [2.45, 2.75) is 26.7 Å². The monoisotopic (exact) mass is 336 g/mol. The minimum atomic E-state index is -0.213. The molecule has 0 saturated heterocycles. The number of carbonyl (C=O) groups excluding carboxylic acids is 1. The molecule has 0 aliphatic heterocycles. The molecule has 0 spiro atoms. The fraction of sp³-hybridized carbons (Fsp3) is 0.278. The zero-order valence-electron chi connectivity index (χ0n) is 14.7. The summed E-state index contributed by atoms with van der Waals surface area (Å²) in [7, 11) is 1.88. The maximum absolute atomic E-state index is 12.6. The molecule has 3 aromatic rings. The highest BCUT2D eigenvalue weighted by Gasteiger charge is 2.16. The summed E-state index contributed by atoms with van der Waals surface area (Å²) in [4.78, 5) is 21.2. The third-order valence-electron chi connectivity index (χ3n) is 3.84. The molecule has 0 radical (unpaired) electrons. The Balaban J connectivity index is 1.81. The molecular weight excluding hydrogens is 316 g/mol. The van der Waals surface area contributed by atoms with Gasteiger partial charge in [0, 0.05) is 24.5 Å². The molecule has 2 heterocycles. The highest BCUT2D eigenvalue weighted by Crippen LogP contribution is 2.21. The predicted molar refractivity (Wildman–Crippen MR) is 95.3 cm³/mol. The summed E-state index contributed by atoms with van der Waals surface area (Å²) in [5.74, 6) is 1.36. The number of nitrogens with one attached hydrogen (secondary N) is 1. The molecule has 1 N–H and O–H groups in total. The molecular formula is C18H20N6O. The molecule has 25 heavy (non-hydrogen) atoms. The van der Waals surface area contributed by atoms with Crippen LogP contribution in [-0.4, -0.2) is 30.6 Å². The van der Waals surface area contributed by atoms with Crippen LogP contribution in [0.15, 0.2) is 36.8 Å². The van der Waals surface area contributed by atoms with Gasteiger partial charge in [0.2, 0.25) is 0 Å². The molecule has 7 nitrogen and oxygen atoms in total. The van der Waals surface area contributed by atoms with E-state index in [1.807, 2.05) is 56.7 Å². The first-order valence-corrected chi connectivity index (χ1v) is 8.05. The number of nitrogens with zero attached hydrogens (tertiary/aromatic N) is 5. The van der Waals surface area contributed by atoms with Gasteiger partial charge in [-0.2, -0.15) is 0 Å². The maximum atomic E-state index is 12.6. The Labute approximate surface area is 146 Å². The predicted octanol–water partition coefficient (Wildman–Crippen LogP) is 2.96. The summed E-state index contributed by atoms with van der Waals surface area (Å²) in [5, 5.41) is 10.8. The van der Waals surface area contributed by atoms with E-state index < -0.39 is 0 Å². The van der Waals surface area contributed by atoms with Crippen molar-refractivity contribution < 1.29 is 4.79 Å². The third-order valence-corrected chi connectivity index (χ3v) is 3.84. The molecule has 0 fully saturated rings. The van der Waals surface area contributed by atoms with Crippen LogP contribution in [0.1, 0.15) is 41.6 Å². The molecule has 7 heteroatoms. The number of hydrogen-bond donors (Lipinski definition) is 1. The van der Waals surface area contributed by atoms with Gasteiger partial charge < -0.3 is 9.88 Å². The van der Waals surface area contributed by atoms with Crippen molar-refractivity contribution >= 4 is 11.6 Å². The van der Waals surface area contributed by atoms with Crippen LogP contribution >= 0.6 is 0 Å². The van der Waals surface area contributed by atoms with Crippen LogP contribution in [-0.2, 0) is 7.05 Å². The Morgan fingerprint density at radius 3 is 2.52 bits per heavy atom. The average Bonchev–Trinajstić information content (AvgIpc) is 3.01.